The van der Waals surface area contributed by atoms with Gasteiger partial charge in [0.15, 0.2) is 0 Å². The van der Waals surface area contributed by atoms with Crippen LogP contribution in [0.3, 0.4) is 0 Å². The summed E-state index contributed by atoms with van der Waals surface area (Å²) in [5, 5.41) is 11.6. The van der Waals surface area contributed by atoms with E-state index in [1.54, 1.807) is 12.1 Å². The lowest BCUT2D eigenvalue weighted by atomic mass is 9.98. The molecular formula is C26H20N2O3. The second kappa shape index (κ2) is 7.61. The number of imidazole rings is 1. The molecule has 0 aliphatic rings. The summed E-state index contributed by atoms with van der Waals surface area (Å²) in [7, 11) is 1.48. The Morgan fingerprint density at radius 1 is 0.935 bits per heavy atom. The third kappa shape index (κ3) is 3.51. The Morgan fingerprint density at radius 2 is 1.68 bits per heavy atom. The van der Waals surface area contributed by atoms with Crippen LogP contribution in [-0.2, 0) is 6.54 Å². The van der Waals surface area contributed by atoms with Crippen molar-refractivity contribution in [2.75, 3.05) is 7.11 Å². The lowest BCUT2D eigenvalue weighted by molar-refractivity contribution is 0.0693. The van der Waals surface area contributed by atoms with Crippen molar-refractivity contribution in [3.05, 3.63) is 96.3 Å². The zero-order chi connectivity index (χ0) is 21.4. The first-order valence-corrected chi connectivity index (χ1v) is 9.96. The van der Waals surface area contributed by atoms with Gasteiger partial charge in [0, 0.05) is 6.54 Å². The highest BCUT2D eigenvalue weighted by Crippen LogP contribution is 2.30. The number of hydrogen-bond donors (Lipinski definition) is 1. The number of carbonyl (C=O) groups is 1. The minimum atomic E-state index is -1.000. The van der Waals surface area contributed by atoms with Crippen LogP contribution < -0.4 is 4.74 Å². The molecule has 31 heavy (non-hydrogen) atoms. The van der Waals surface area contributed by atoms with E-state index in [4.69, 9.17) is 4.74 Å². The van der Waals surface area contributed by atoms with Crippen molar-refractivity contribution in [1.82, 2.24) is 9.55 Å². The van der Waals surface area contributed by atoms with Crippen molar-refractivity contribution in [3.63, 3.8) is 0 Å². The number of carboxylic acid groups (broad SMARTS) is 1. The molecule has 0 aliphatic heterocycles. The van der Waals surface area contributed by atoms with Crippen molar-refractivity contribution in [2.24, 2.45) is 0 Å². The minimum Gasteiger partial charge on any atom is -0.496 e. The molecule has 5 aromatic rings. The van der Waals surface area contributed by atoms with Crippen LogP contribution in [0.1, 0.15) is 15.9 Å². The Bertz CT molecular complexity index is 1440. The third-order valence-corrected chi connectivity index (χ3v) is 5.55. The number of benzene rings is 4. The Labute approximate surface area is 179 Å². The summed E-state index contributed by atoms with van der Waals surface area (Å²) in [6, 6.07) is 26.0. The summed E-state index contributed by atoms with van der Waals surface area (Å²) in [6.45, 7) is 0.756. The highest BCUT2D eigenvalue weighted by atomic mass is 16.5. The van der Waals surface area contributed by atoms with Crippen LogP contribution in [0.5, 0.6) is 5.75 Å². The Kier molecular flexibility index (Phi) is 4.64. The number of aromatic nitrogens is 2. The fraction of sp³-hybridized carbons (Fsp3) is 0.0769. The van der Waals surface area contributed by atoms with E-state index in [-0.39, 0.29) is 5.56 Å². The van der Waals surface area contributed by atoms with E-state index in [0.717, 1.165) is 39.5 Å². The summed E-state index contributed by atoms with van der Waals surface area (Å²) >= 11 is 0. The number of rotatable bonds is 5. The Hall–Kier alpha value is -4.12. The molecule has 4 aromatic carbocycles. The molecule has 152 valence electrons. The van der Waals surface area contributed by atoms with Gasteiger partial charge in [0.2, 0.25) is 0 Å². The normalized spacial score (nSPS) is 11.1. The monoisotopic (exact) mass is 408 g/mol. The first kappa shape index (κ1) is 18.9. The van der Waals surface area contributed by atoms with Gasteiger partial charge in [-0.1, -0.05) is 42.5 Å². The van der Waals surface area contributed by atoms with Crippen molar-refractivity contribution < 1.29 is 14.6 Å². The lowest BCUT2D eigenvalue weighted by Crippen LogP contribution is -2.00. The van der Waals surface area contributed by atoms with E-state index in [1.165, 1.54) is 12.7 Å². The molecule has 0 aliphatic carbocycles. The molecule has 5 heteroatoms. The van der Waals surface area contributed by atoms with Crippen LogP contribution in [0, 0.1) is 0 Å². The number of ether oxygens (including phenoxy) is 1. The average Bonchev–Trinajstić information content (AvgIpc) is 3.21. The van der Waals surface area contributed by atoms with Gasteiger partial charge in [-0.05, 0) is 63.9 Å². The minimum absolute atomic E-state index is 0.156. The SMILES string of the molecule is COc1cc(-c2ccc3cc(Cn4cnc5ccccc54)ccc3c2)ccc1C(=O)O. The molecule has 0 unspecified atom stereocenters. The lowest BCUT2D eigenvalue weighted by Gasteiger charge is -2.10. The van der Waals surface area contributed by atoms with Gasteiger partial charge in [-0.25, -0.2) is 9.78 Å². The molecule has 0 fully saturated rings. The van der Waals surface area contributed by atoms with Crippen LogP contribution in [0.15, 0.2) is 85.2 Å². The summed E-state index contributed by atoms with van der Waals surface area (Å²) < 4.78 is 7.42. The van der Waals surface area contributed by atoms with Crippen molar-refractivity contribution in [3.8, 4) is 16.9 Å². The molecule has 0 saturated heterocycles. The summed E-state index contributed by atoms with van der Waals surface area (Å²) in [6.07, 6.45) is 1.88. The van der Waals surface area contributed by atoms with Gasteiger partial charge in [0.1, 0.15) is 11.3 Å². The number of fused-ring (bicyclic) bond motifs is 2. The maximum atomic E-state index is 11.3. The standard InChI is InChI=1S/C26H20N2O3/c1-31-25-14-21(10-11-22(25)26(29)30)20-9-8-18-12-17(6-7-19(18)13-20)15-28-16-27-23-4-2-3-5-24(23)28/h2-14,16H,15H2,1H3,(H,29,30). The first-order chi connectivity index (χ1) is 15.1. The third-order valence-electron chi connectivity index (χ3n) is 5.55. The quantitative estimate of drug-likeness (QED) is 0.410. The van der Waals surface area contributed by atoms with E-state index in [1.807, 2.05) is 36.7 Å². The molecule has 0 atom stereocenters. The van der Waals surface area contributed by atoms with Gasteiger partial charge in [-0.15, -0.1) is 0 Å². The highest BCUT2D eigenvalue weighted by Gasteiger charge is 2.12. The topological polar surface area (TPSA) is 64.4 Å². The highest BCUT2D eigenvalue weighted by molar-refractivity contribution is 5.93. The second-order valence-corrected chi connectivity index (χ2v) is 7.48. The van der Waals surface area contributed by atoms with E-state index in [2.05, 4.69) is 45.9 Å². The molecule has 0 amide bonds. The van der Waals surface area contributed by atoms with Gasteiger partial charge in [0.05, 0.1) is 24.5 Å². The van der Waals surface area contributed by atoms with Gasteiger partial charge in [0.25, 0.3) is 0 Å². The molecule has 5 nitrogen and oxygen atoms in total. The van der Waals surface area contributed by atoms with Crippen LogP contribution in [-0.4, -0.2) is 27.7 Å². The predicted molar refractivity (Wildman–Crippen MR) is 122 cm³/mol. The smallest absolute Gasteiger partial charge is 0.339 e. The molecule has 0 saturated carbocycles. The van der Waals surface area contributed by atoms with Crippen LogP contribution >= 0.6 is 0 Å². The Balaban J connectivity index is 1.47. The van der Waals surface area contributed by atoms with Gasteiger partial charge in [-0.3, -0.25) is 0 Å². The van der Waals surface area contributed by atoms with Crippen LogP contribution in [0.25, 0.3) is 32.9 Å². The maximum Gasteiger partial charge on any atom is 0.339 e. The van der Waals surface area contributed by atoms with E-state index in [9.17, 15) is 9.90 Å². The summed E-state index contributed by atoms with van der Waals surface area (Å²) in [5.74, 6) is -0.645. The fourth-order valence-electron chi connectivity index (χ4n) is 3.95. The van der Waals surface area contributed by atoms with Gasteiger partial charge >= 0.3 is 5.97 Å². The first-order valence-electron chi connectivity index (χ1n) is 9.96. The van der Waals surface area contributed by atoms with Crippen molar-refractivity contribution in [2.45, 2.75) is 6.54 Å². The molecular weight excluding hydrogens is 388 g/mol. The van der Waals surface area contributed by atoms with E-state index >= 15 is 0 Å². The number of para-hydroxylation sites is 2. The zero-order valence-corrected chi connectivity index (χ0v) is 16.9. The van der Waals surface area contributed by atoms with Crippen LogP contribution in [0.4, 0.5) is 0 Å². The summed E-state index contributed by atoms with van der Waals surface area (Å²) in [4.78, 5) is 15.8. The van der Waals surface area contributed by atoms with Gasteiger partial charge < -0.3 is 14.4 Å². The summed E-state index contributed by atoms with van der Waals surface area (Å²) in [5.41, 5.74) is 5.40. The Morgan fingerprint density at radius 3 is 2.52 bits per heavy atom. The second-order valence-electron chi connectivity index (χ2n) is 7.48. The molecule has 0 radical (unpaired) electrons. The zero-order valence-electron chi connectivity index (χ0n) is 16.9. The fourth-order valence-corrected chi connectivity index (χ4v) is 3.95. The van der Waals surface area contributed by atoms with Gasteiger partial charge in [-0.2, -0.15) is 0 Å². The molecule has 1 N–H and O–H groups in total. The van der Waals surface area contributed by atoms with Crippen LogP contribution in [0.2, 0.25) is 0 Å². The number of aromatic carboxylic acids is 1. The molecule has 1 aromatic heterocycles. The molecule has 0 spiro atoms. The van der Waals surface area contributed by atoms with E-state index in [0.29, 0.717) is 5.75 Å². The predicted octanol–water partition coefficient (Wildman–Crippen LogP) is 5.61. The van der Waals surface area contributed by atoms with Crippen molar-refractivity contribution in [1.29, 1.82) is 0 Å². The number of carboxylic acids is 1. The van der Waals surface area contributed by atoms with Crippen molar-refractivity contribution >= 4 is 27.8 Å². The molecule has 1 heterocycles. The number of nitrogens with zero attached hydrogens (tertiary/aromatic N) is 2. The maximum absolute atomic E-state index is 11.3. The average molecular weight is 408 g/mol. The number of methoxy groups -OCH3 is 1. The van der Waals surface area contributed by atoms with E-state index < -0.39 is 5.97 Å². The largest absolute Gasteiger partial charge is 0.496 e. The molecule has 5 rings (SSSR count). The number of hydrogen-bond acceptors (Lipinski definition) is 3. The molecule has 0 bridgehead atoms.